The highest BCUT2D eigenvalue weighted by molar-refractivity contribution is 14.1. The van der Waals surface area contributed by atoms with E-state index in [1.807, 2.05) is 22.6 Å². The molecule has 0 aromatic heterocycles. The van der Waals surface area contributed by atoms with Crippen molar-refractivity contribution in [3.05, 3.63) is 61.5 Å². The number of ether oxygens (including phenoxy) is 1. The standard InChI is InChI=1S/C18H13ClINO4S/c19-12-2-4-13(5-3-12)25-8-7-21-17(23)16(26-18(21)24)10-11-1-6-15(22)14(20)9-11/h1-6,9-10,22H,7-8H2/b16-10-. The maximum absolute atomic E-state index is 12.5. The number of benzene rings is 2. The molecule has 0 bridgehead atoms. The monoisotopic (exact) mass is 501 g/mol. The number of phenols is 1. The van der Waals surface area contributed by atoms with Gasteiger partial charge in [-0.15, -0.1) is 0 Å². The van der Waals surface area contributed by atoms with E-state index in [4.69, 9.17) is 16.3 Å². The van der Waals surface area contributed by atoms with E-state index in [0.717, 1.165) is 22.2 Å². The van der Waals surface area contributed by atoms with Crippen molar-refractivity contribution >= 4 is 63.2 Å². The number of carbonyl (C=O) groups excluding carboxylic acids is 2. The highest BCUT2D eigenvalue weighted by atomic mass is 127. The molecule has 134 valence electrons. The number of imide groups is 1. The summed E-state index contributed by atoms with van der Waals surface area (Å²) in [5.74, 6) is 0.452. The number of phenolic OH excluding ortho intramolecular Hbond substituents is 1. The van der Waals surface area contributed by atoms with Gasteiger partial charge in [-0.05, 0) is 82.4 Å². The largest absolute Gasteiger partial charge is 0.507 e. The number of carbonyl (C=O) groups is 2. The van der Waals surface area contributed by atoms with Gasteiger partial charge < -0.3 is 9.84 Å². The summed E-state index contributed by atoms with van der Waals surface area (Å²) in [7, 11) is 0. The Balaban J connectivity index is 1.63. The molecule has 0 spiro atoms. The zero-order chi connectivity index (χ0) is 18.7. The fraction of sp³-hybridized carbons (Fsp3) is 0.111. The third-order valence-corrected chi connectivity index (χ3v) is 5.56. The molecule has 1 heterocycles. The first-order valence-electron chi connectivity index (χ1n) is 7.56. The average Bonchev–Trinajstić information content (AvgIpc) is 2.87. The van der Waals surface area contributed by atoms with Gasteiger partial charge in [-0.25, -0.2) is 0 Å². The third kappa shape index (κ3) is 4.52. The summed E-state index contributed by atoms with van der Waals surface area (Å²) in [6.07, 6.45) is 1.65. The van der Waals surface area contributed by atoms with Crippen molar-refractivity contribution in [2.24, 2.45) is 0 Å². The smallest absolute Gasteiger partial charge is 0.293 e. The number of nitrogens with zero attached hydrogens (tertiary/aromatic N) is 1. The minimum Gasteiger partial charge on any atom is -0.507 e. The second-order valence-corrected chi connectivity index (χ2v) is 7.94. The summed E-state index contributed by atoms with van der Waals surface area (Å²) in [6.45, 7) is 0.363. The highest BCUT2D eigenvalue weighted by Crippen LogP contribution is 2.33. The molecule has 0 unspecified atom stereocenters. The Kier molecular flexibility index (Phi) is 6.10. The van der Waals surface area contributed by atoms with E-state index in [2.05, 4.69) is 0 Å². The first kappa shape index (κ1) is 19.1. The summed E-state index contributed by atoms with van der Waals surface area (Å²) in [6, 6.07) is 11.9. The minimum atomic E-state index is -0.345. The summed E-state index contributed by atoms with van der Waals surface area (Å²) in [4.78, 5) is 26.1. The van der Waals surface area contributed by atoms with Crippen molar-refractivity contribution in [1.82, 2.24) is 4.90 Å². The lowest BCUT2D eigenvalue weighted by Gasteiger charge is -2.13. The van der Waals surface area contributed by atoms with Gasteiger partial charge in [-0.3, -0.25) is 14.5 Å². The van der Waals surface area contributed by atoms with Gasteiger partial charge in [0, 0.05) is 5.02 Å². The number of halogens is 2. The number of thioether (sulfide) groups is 1. The van der Waals surface area contributed by atoms with E-state index in [0.29, 0.717) is 19.2 Å². The highest BCUT2D eigenvalue weighted by Gasteiger charge is 2.34. The Bertz CT molecular complexity index is 885. The van der Waals surface area contributed by atoms with Crippen molar-refractivity contribution in [2.45, 2.75) is 0 Å². The van der Waals surface area contributed by atoms with Crippen LogP contribution in [-0.4, -0.2) is 34.3 Å². The molecule has 1 aliphatic rings. The molecule has 0 radical (unpaired) electrons. The fourth-order valence-electron chi connectivity index (χ4n) is 2.24. The van der Waals surface area contributed by atoms with Crippen LogP contribution in [0.15, 0.2) is 47.4 Å². The Morgan fingerprint density at radius 2 is 1.92 bits per heavy atom. The second kappa shape index (κ2) is 8.32. The van der Waals surface area contributed by atoms with Crippen molar-refractivity contribution in [2.75, 3.05) is 13.2 Å². The number of amides is 2. The predicted octanol–water partition coefficient (Wildman–Crippen LogP) is 4.77. The maximum atomic E-state index is 12.5. The molecule has 1 aliphatic heterocycles. The van der Waals surface area contributed by atoms with E-state index in [-0.39, 0.29) is 30.0 Å². The Labute approximate surface area is 173 Å². The van der Waals surface area contributed by atoms with E-state index in [9.17, 15) is 14.7 Å². The van der Waals surface area contributed by atoms with Crippen LogP contribution in [0.5, 0.6) is 11.5 Å². The molecule has 0 atom stereocenters. The van der Waals surface area contributed by atoms with Gasteiger partial charge >= 0.3 is 0 Å². The molecule has 1 saturated heterocycles. The van der Waals surface area contributed by atoms with Crippen LogP contribution in [0, 0.1) is 3.57 Å². The van der Waals surface area contributed by atoms with Crippen molar-refractivity contribution in [3.63, 3.8) is 0 Å². The lowest BCUT2D eigenvalue weighted by molar-refractivity contribution is -0.123. The van der Waals surface area contributed by atoms with Gasteiger partial charge in [-0.1, -0.05) is 17.7 Å². The minimum absolute atomic E-state index is 0.164. The van der Waals surface area contributed by atoms with Crippen LogP contribution in [0.25, 0.3) is 6.08 Å². The first-order valence-corrected chi connectivity index (χ1v) is 9.83. The molecular formula is C18H13ClINO4S. The van der Waals surface area contributed by atoms with Crippen LogP contribution < -0.4 is 4.74 Å². The van der Waals surface area contributed by atoms with Gasteiger partial charge in [0.1, 0.15) is 18.1 Å². The van der Waals surface area contributed by atoms with Crippen LogP contribution in [0.2, 0.25) is 5.02 Å². The molecule has 0 aliphatic carbocycles. The van der Waals surface area contributed by atoms with Crippen LogP contribution >= 0.6 is 46.0 Å². The van der Waals surface area contributed by atoms with Gasteiger partial charge in [0.2, 0.25) is 0 Å². The molecule has 1 N–H and O–H groups in total. The van der Waals surface area contributed by atoms with Crippen LogP contribution in [0.1, 0.15) is 5.56 Å². The van der Waals surface area contributed by atoms with Crippen molar-refractivity contribution in [1.29, 1.82) is 0 Å². The summed E-state index contributed by atoms with van der Waals surface area (Å²) >= 11 is 8.71. The van der Waals surface area contributed by atoms with E-state index in [1.165, 1.54) is 0 Å². The maximum Gasteiger partial charge on any atom is 0.293 e. The van der Waals surface area contributed by atoms with Crippen molar-refractivity contribution < 1.29 is 19.4 Å². The molecule has 2 amide bonds. The average molecular weight is 502 g/mol. The SMILES string of the molecule is O=C1S/C(=C\c2ccc(O)c(I)c2)C(=O)N1CCOc1ccc(Cl)cc1. The summed E-state index contributed by atoms with van der Waals surface area (Å²) in [5.41, 5.74) is 0.745. The number of rotatable bonds is 5. The number of hydrogen-bond acceptors (Lipinski definition) is 5. The lowest BCUT2D eigenvalue weighted by atomic mass is 10.2. The molecule has 5 nitrogen and oxygen atoms in total. The Morgan fingerprint density at radius 1 is 1.19 bits per heavy atom. The number of hydrogen-bond donors (Lipinski definition) is 1. The normalized spacial score (nSPS) is 15.8. The zero-order valence-corrected chi connectivity index (χ0v) is 17.0. The fourth-order valence-corrected chi connectivity index (χ4v) is 3.77. The van der Waals surface area contributed by atoms with Crippen LogP contribution in [0.4, 0.5) is 4.79 Å². The molecule has 1 fully saturated rings. The molecule has 3 rings (SSSR count). The summed E-state index contributed by atoms with van der Waals surface area (Å²) < 4.78 is 6.21. The molecule has 2 aromatic carbocycles. The van der Waals surface area contributed by atoms with Gasteiger partial charge in [0.05, 0.1) is 15.0 Å². The molecule has 0 saturated carbocycles. The third-order valence-electron chi connectivity index (χ3n) is 3.54. The number of aromatic hydroxyl groups is 1. The second-order valence-electron chi connectivity index (χ2n) is 5.35. The molecule has 2 aromatic rings. The van der Waals surface area contributed by atoms with Gasteiger partial charge in [0.15, 0.2) is 0 Å². The van der Waals surface area contributed by atoms with E-state index < -0.39 is 0 Å². The van der Waals surface area contributed by atoms with E-state index >= 15 is 0 Å². The predicted molar refractivity (Wildman–Crippen MR) is 110 cm³/mol. The van der Waals surface area contributed by atoms with E-state index in [1.54, 1.807) is 48.5 Å². The molecule has 26 heavy (non-hydrogen) atoms. The zero-order valence-electron chi connectivity index (χ0n) is 13.3. The topological polar surface area (TPSA) is 66.8 Å². The van der Waals surface area contributed by atoms with Crippen LogP contribution in [-0.2, 0) is 4.79 Å². The van der Waals surface area contributed by atoms with Crippen LogP contribution in [0.3, 0.4) is 0 Å². The summed E-state index contributed by atoms with van der Waals surface area (Å²) in [5, 5.41) is 9.85. The van der Waals surface area contributed by atoms with Gasteiger partial charge in [0.25, 0.3) is 11.1 Å². The molecular weight excluding hydrogens is 489 g/mol. The van der Waals surface area contributed by atoms with Gasteiger partial charge in [-0.2, -0.15) is 0 Å². The van der Waals surface area contributed by atoms with Crippen molar-refractivity contribution in [3.8, 4) is 11.5 Å². The first-order chi connectivity index (χ1) is 12.4. The molecule has 8 heteroatoms. The quantitative estimate of drug-likeness (QED) is 0.472. The Morgan fingerprint density at radius 3 is 2.62 bits per heavy atom. The Hall–Kier alpha value is -1.71. The lowest BCUT2D eigenvalue weighted by Crippen LogP contribution is -2.32.